The van der Waals surface area contributed by atoms with Gasteiger partial charge in [0, 0.05) is 18.8 Å². The van der Waals surface area contributed by atoms with Gasteiger partial charge in [-0.05, 0) is 25.2 Å². The molecule has 2 N–H and O–H groups in total. The molecule has 0 spiro atoms. The minimum atomic E-state index is -0.484. The van der Waals surface area contributed by atoms with Gasteiger partial charge < -0.3 is 19.9 Å². The van der Waals surface area contributed by atoms with Crippen LogP contribution >= 0.6 is 0 Å². The number of ether oxygens (including phenoxy) is 1. The van der Waals surface area contributed by atoms with E-state index >= 15 is 0 Å². The number of anilines is 1. The maximum absolute atomic E-state index is 13.8. The SMILES string of the molecule is CN1CCOC(c2noc(-c3ccc(N)cc3F)n2)C1. The largest absolute Gasteiger partial charge is 0.399 e. The molecule has 0 amide bonds. The second-order valence-corrected chi connectivity index (χ2v) is 4.82. The molecule has 1 aliphatic rings. The second kappa shape index (κ2) is 5.18. The number of nitrogens with zero attached hydrogens (tertiary/aromatic N) is 3. The molecule has 0 radical (unpaired) electrons. The first-order valence-electron chi connectivity index (χ1n) is 6.32. The van der Waals surface area contributed by atoms with Crippen LogP contribution in [0.15, 0.2) is 22.7 Å². The average Bonchev–Trinajstić information content (AvgIpc) is 2.88. The molecule has 7 heteroatoms. The van der Waals surface area contributed by atoms with Crippen LogP contribution in [0.2, 0.25) is 0 Å². The number of rotatable bonds is 2. The van der Waals surface area contributed by atoms with Crippen LogP contribution in [0.25, 0.3) is 11.5 Å². The summed E-state index contributed by atoms with van der Waals surface area (Å²) in [4.78, 5) is 6.34. The van der Waals surface area contributed by atoms with Crippen LogP contribution in [0.5, 0.6) is 0 Å². The van der Waals surface area contributed by atoms with E-state index in [0.717, 1.165) is 6.54 Å². The van der Waals surface area contributed by atoms with Gasteiger partial charge in [0.15, 0.2) is 0 Å². The van der Waals surface area contributed by atoms with E-state index in [9.17, 15) is 4.39 Å². The molecule has 20 heavy (non-hydrogen) atoms. The van der Waals surface area contributed by atoms with E-state index in [1.165, 1.54) is 12.1 Å². The van der Waals surface area contributed by atoms with Gasteiger partial charge in [0.05, 0.1) is 12.2 Å². The van der Waals surface area contributed by atoms with Crippen molar-refractivity contribution in [2.75, 3.05) is 32.5 Å². The van der Waals surface area contributed by atoms with Crippen LogP contribution in [0.1, 0.15) is 11.9 Å². The van der Waals surface area contributed by atoms with E-state index in [1.807, 2.05) is 7.05 Å². The lowest BCUT2D eigenvalue weighted by Crippen LogP contribution is -2.35. The molecular formula is C13H15FN4O2. The predicted octanol–water partition coefficient (Wildman–Crippen LogP) is 1.46. The van der Waals surface area contributed by atoms with E-state index in [-0.39, 0.29) is 17.6 Å². The van der Waals surface area contributed by atoms with E-state index in [1.54, 1.807) is 6.07 Å². The van der Waals surface area contributed by atoms with Crippen LogP contribution in [0, 0.1) is 5.82 Å². The van der Waals surface area contributed by atoms with Gasteiger partial charge in [0.25, 0.3) is 5.89 Å². The standard InChI is InChI=1S/C13H15FN4O2/c1-18-4-5-19-11(7-18)12-16-13(20-17-12)9-3-2-8(15)6-10(9)14/h2-3,6,11H,4-5,7,15H2,1H3. The fourth-order valence-corrected chi connectivity index (χ4v) is 2.11. The lowest BCUT2D eigenvalue weighted by Gasteiger charge is -2.27. The van der Waals surface area contributed by atoms with E-state index in [4.69, 9.17) is 15.0 Å². The van der Waals surface area contributed by atoms with Crippen molar-refractivity contribution in [1.82, 2.24) is 15.0 Å². The van der Waals surface area contributed by atoms with Gasteiger partial charge in [-0.2, -0.15) is 4.98 Å². The van der Waals surface area contributed by atoms with Crippen molar-refractivity contribution in [3.8, 4) is 11.5 Å². The minimum Gasteiger partial charge on any atom is -0.399 e. The number of aromatic nitrogens is 2. The fourth-order valence-electron chi connectivity index (χ4n) is 2.11. The first kappa shape index (κ1) is 13.0. The highest BCUT2D eigenvalue weighted by molar-refractivity contribution is 5.58. The number of hydrogen-bond donors (Lipinski definition) is 1. The lowest BCUT2D eigenvalue weighted by atomic mass is 10.2. The molecule has 0 bridgehead atoms. The molecule has 0 saturated carbocycles. The van der Waals surface area contributed by atoms with Gasteiger partial charge in [0.2, 0.25) is 5.82 Å². The molecule has 2 heterocycles. The summed E-state index contributed by atoms with van der Waals surface area (Å²) >= 11 is 0. The van der Waals surface area contributed by atoms with Crippen molar-refractivity contribution in [3.05, 3.63) is 29.8 Å². The third-order valence-electron chi connectivity index (χ3n) is 3.22. The summed E-state index contributed by atoms with van der Waals surface area (Å²) in [6.07, 6.45) is -0.247. The third-order valence-corrected chi connectivity index (χ3v) is 3.22. The molecule has 1 aromatic heterocycles. The summed E-state index contributed by atoms with van der Waals surface area (Å²) in [5.41, 5.74) is 6.10. The van der Waals surface area contributed by atoms with Crippen LogP contribution in [-0.2, 0) is 4.74 Å². The number of benzene rings is 1. The van der Waals surface area contributed by atoms with Crippen molar-refractivity contribution in [2.24, 2.45) is 0 Å². The Bertz CT molecular complexity index is 616. The molecule has 1 atom stereocenters. The van der Waals surface area contributed by atoms with Crippen molar-refractivity contribution in [1.29, 1.82) is 0 Å². The molecule has 1 aromatic carbocycles. The Kier molecular flexibility index (Phi) is 3.37. The zero-order chi connectivity index (χ0) is 14.1. The Hall–Kier alpha value is -1.99. The molecule has 106 valence electrons. The number of nitrogen functional groups attached to an aromatic ring is 1. The molecule has 1 saturated heterocycles. The molecule has 3 rings (SSSR count). The number of nitrogens with two attached hydrogens (primary N) is 1. The highest BCUT2D eigenvalue weighted by atomic mass is 19.1. The maximum atomic E-state index is 13.8. The molecule has 6 nitrogen and oxygen atoms in total. The monoisotopic (exact) mass is 278 g/mol. The fraction of sp³-hybridized carbons (Fsp3) is 0.385. The quantitative estimate of drug-likeness (QED) is 0.838. The summed E-state index contributed by atoms with van der Waals surface area (Å²) in [6, 6.07) is 4.34. The van der Waals surface area contributed by atoms with Crippen LogP contribution < -0.4 is 5.73 Å². The lowest BCUT2D eigenvalue weighted by molar-refractivity contribution is -0.0264. The topological polar surface area (TPSA) is 77.4 Å². The second-order valence-electron chi connectivity index (χ2n) is 4.82. The molecule has 1 unspecified atom stereocenters. The summed E-state index contributed by atoms with van der Waals surface area (Å²) < 4.78 is 24.5. The number of likely N-dealkylation sites (N-methyl/N-ethyl adjacent to an activating group) is 1. The molecule has 2 aromatic rings. The van der Waals surface area contributed by atoms with Gasteiger partial charge in [-0.1, -0.05) is 5.16 Å². The van der Waals surface area contributed by atoms with Gasteiger partial charge in [0.1, 0.15) is 11.9 Å². The Morgan fingerprint density at radius 1 is 1.45 bits per heavy atom. The number of hydrogen-bond acceptors (Lipinski definition) is 6. The molecule has 1 fully saturated rings. The number of halogens is 1. The average molecular weight is 278 g/mol. The van der Waals surface area contributed by atoms with Crippen LogP contribution in [0.3, 0.4) is 0 Å². The third kappa shape index (κ3) is 2.50. The zero-order valence-corrected chi connectivity index (χ0v) is 11.0. The van der Waals surface area contributed by atoms with E-state index in [0.29, 0.717) is 24.7 Å². The minimum absolute atomic E-state index is 0.134. The summed E-state index contributed by atoms with van der Waals surface area (Å²) in [5.74, 6) is 0.0824. The Labute approximate surface area is 115 Å². The molecular weight excluding hydrogens is 263 g/mol. The van der Waals surface area contributed by atoms with E-state index < -0.39 is 5.82 Å². The highest BCUT2D eigenvalue weighted by Crippen LogP contribution is 2.26. The smallest absolute Gasteiger partial charge is 0.260 e. The van der Waals surface area contributed by atoms with Gasteiger partial charge in [-0.25, -0.2) is 4.39 Å². The van der Waals surface area contributed by atoms with Crippen molar-refractivity contribution in [3.63, 3.8) is 0 Å². The van der Waals surface area contributed by atoms with Gasteiger partial charge in [-0.15, -0.1) is 0 Å². The summed E-state index contributed by atoms with van der Waals surface area (Å²) in [7, 11) is 2.00. The van der Waals surface area contributed by atoms with Crippen molar-refractivity contribution in [2.45, 2.75) is 6.10 Å². The van der Waals surface area contributed by atoms with Crippen LogP contribution in [-0.4, -0.2) is 41.8 Å². The normalized spacial score (nSPS) is 20.2. The zero-order valence-electron chi connectivity index (χ0n) is 11.0. The Morgan fingerprint density at radius 3 is 3.05 bits per heavy atom. The van der Waals surface area contributed by atoms with Crippen LogP contribution in [0.4, 0.5) is 10.1 Å². The highest BCUT2D eigenvalue weighted by Gasteiger charge is 2.25. The van der Waals surface area contributed by atoms with E-state index in [2.05, 4.69) is 15.0 Å². The first-order chi connectivity index (χ1) is 9.63. The molecule has 0 aliphatic carbocycles. The van der Waals surface area contributed by atoms with Gasteiger partial charge in [-0.3, -0.25) is 0 Å². The summed E-state index contributed by atoms with van der Waals surface area (Å²) in [6.45, 7) is 2.16. The molecule has 1 aliphatic heterocycles. The maximum Gasteiger partial charge on any atom is 0.260 e. The van der Waals surface area contributed by atoms with Crippen molar-refractivity contribution < 1.29 is 13.7 Å². The first-order valence-corrected chi connectivity index (χ1v) is 6.32. The Morgan fingerprint density at radius 2 is 2.30 bits per heavy atom. The number of morpholine rings is 1. The van der Waals surface area contributed by atoms with Crippen molar-refractivity contribution >= 4 is 5.69 Å². The Balaban J connectivity index is 1.86. The van der Waals surface area contributed by atoms with Gasteiger partial charge >= 0.3 is 0 Å². The predicted molar refractivity (Wildman–Crippen MR) is 70.3 cm³/mol. The summed E-state index contributed by atoms with van der Waals surface area (Å²) in [5, 5.41) is 3.88.